The van der Waals surface area contributed by atoms with E-state index < -0.39 is 35.8 Å². The van der Waals surface area contributed by atoms with E-state index in [2.05, 4.69) is 15.6 Å². The molecule has 1 amide bonds. The monoisotopic (exact) mass is 435 g/mol. The van der Waals surface area contributed by atoms with Crippen LogP contribution in [0.4, 0.5) is 4.79 Å². The molecule has 2 unspecified atom stereocenters. The number of carbonyl (C=O) groups is 2. The Morgan fingerprint density at radius 3 is 2.50 bits per heavy atom. The summed E-state index contributed by atoms with van der Waals surface area (Å²) < 4.78 is 5.51. The van der Waals surface area contributed by atoms with Gasteiger partial charge >= 0.3 is 12.1 Å². The highest BCUT2D eigenvalue weighted by Crippen LogP contribution is 2.34. The second-order valence-electron chi connectivity index (χ2n) is 9.24. The number of carboxylic acid groups (broad SMARTS) is 1. The van der Waals surface area contributed by atoms with Crippen molar-refractivity contribution in [2.24, 2.45) is 0 Å². The fourth-order valence-electron chi connectivity index (χ4n) is 4.32. The highest BCUT2D eigenvalue weighted by molar-refractivity contribution is 5.87. The first kappa shape index (κ1) is 21.9. The summed E-state index contributed by atoms with van der Waals surface area (Å²) in [6.07, 6.45) is 0.351. The summed E-state index contributed by atoms with van der Waals surface area (Å²) in [5, 5.41) is 17.1. The number of amides is 1. The Hall–Kier alpha value is -3.32. The Bertz CT molecular complexity index is 1120. The quantitative estimate of drug-likeness (QED) is 0.486. The normalized spacial score (nSPS) is 19.2. The van der Waals surface area contributed by atoms with Crippen LogP contribution < -0.4 is 10.6 Å². The van der Waals surface area contributed by atoms with Crippen molar-refractivity contribution in [1.82, 2.24) is 15.6 Å². The molecule has 1 aliphatic rings. The van der Waals surface area contributed by atoms with Gasteiger partial charge in [0.1, 0.15) is 11.6 Å². The highest BCUT2D eigenvalue weighted by atomic mass is 16.6. The van der Waals surface area contributed by atoms with Crippen LogP contribution in [0, 0.1) is 0 Å². The van der Waals surface area contributed by atoms with Crippen molar-refractivity contribution < 1.29 is 19.4 Å². The number of alkyl carbamates (subject to hydrolysis) is 1. The number of para-hydroxylation sites is 1. The molecule has 0 fully saturated rings. The van der Waals surface area contributed by atoms with Crippen LogP contribution in [0.3, 0.4) is 0 Å². The van der Waals surface area contributed by atoms with Crippen LogP contribution in [0.15, 0.2) is 54.6 Å². The molecule has 0 bridgehead atoms. The van der Waals surface area contributed by atoms with Gasteiger partial charge in [-0.2, -0.15) is 0 Å². The molecule has 0 saturated heterocycles. The van der Waals surface area contributed by atoms with E-state index in [1.807, 2.05) is 75.4 Å². The molecular formula is C25H29N3O4. The number of nitrogens with one attached hydrogen (secondary N) is 3. The number of carboxylic acids is 1. The zero-order chi connectivity index (χ0) is 22.9. The molecule has 32 heavy (non-hydrogen) atoms. The van der Waals surface area contributed by atoms with Crippen LogP contribution in [0.25, 0.3) is 10.9 Å². The molecule has 4 rings (SSSR count). The molecule has 3 aromatic rings. The van der Waals surface area contributed by atoms with Crippen molar-refractivity contribution in [1.29, 1.82) is 0 Å². The van der Waals surface area contributed by atoms with Crippen LogP contribution in [-0.2, 0) is 22.4 Å². The third-order valence-electron chi connectivity index (χ3n) is 5.65. The number of rotatable bonds is 5. The molecule has 1 aromatic heterocycles. The molecule has 0 saturated carbocycles. The van der Waals surface area contributed by atoms with Crippen molar-refractivity contribution in [3.05, 3.63) is 71.4 Å². The first-order valence-corrected chi connectivity index (χ1v) is 10.8. The number of carbonyl (C=O) groups excluding carboxylic acids is 1. The molecule has 3 atom stereocenters. The molecule has 0 aliphatic carbocycles. The molecular weight excluding hydrogens is 406 g/mol. The fourth-order valence-corrected chi connectivity index (χ4v) is 4.32. The van der Waals surface area contributed by atoms with Crippen molar-refractivity contribution in [2.45, 2.75) is 57.3 Å². The topological polar surface area (TPSA) is 103 Å². The highest BCUT2D eigenvalue weighted by Gasteiger charge is 2.38. The number of ether oxygens (including phenoxy) is 1. The van der Waals surface area contributed by atoms with Crippen LogP contribution in [0.5, 0.6) is 0 Å². The lowest BCUT2D eigenvalue weighted by Crippen LogP contribution is -2.54. The van der Waals surface area contributed by atoms with Gasteiger partial charge in [-0.15, -0.1) is 0 Å². The van der Waals surface area contributed by atoms with E-state index in [9.17, 15) is 14.7 Å². The van der Waals surface area contributed by atoms with E-state index in [-0.39, 0.29) is 0 Å². The number of aromatic nitrogens is 1. The van der Waals surface area contributed by atoms with Gasteiger partial charge in [0.05, 0.1) is 12.1 Å². The second kappa shape index (κ2) is 8.67. The molecule has 168 valence electrons. The third kappa shape index (κ3) is 4.78. The Morgan fingerprint density at radius 2 is 1.81 bits per heavy atom. The molecule has 0 radical (unpaired) electrons. The zero-order valence-electron chi connectivity index (χ0n) is 18.5. The predicted octanol–water partition coefficient (Wildman–Crippen LogP) is 3.94. The van der Waals surface area contributed by atoms with Gasteiger partial charge in [-0.25, -0.2) is 4.79 Å². The van der Waals surface area contributed by atoms with E-state index in [4.69, 9.17) is 4.74 Å². The molecule has 7 nitrogen and oxygen atoms in total. The standard InChI is InChI=1S/C25H29N3O4/c1-25(2,3)32-24(31)28-19(13-15-9-5-4-6-10-15)22-21-17(14-20(27-22)23(29)30)16-11-7-8-12-18(16)26-21/h4-12,19-20,22,26-27H,13-14H2,1-3H3,(H,28,31)(H,29,30)/t19?,20?,22-/m1/s1. The van der Waals surface area contributed by atoms with Crippen LogP contribution >= 0.6 is 0 Å². The summed E-state index contributed by atoms with van der Waals surface area (Å²) in [5.41, 5.74) is 3.22. The van der Waals surface area contributed by atoms with E-state index in [1.54, 1.807) is 0 Å². The predicted molar refractivity (Wildman–Crippen MR) is 123 cm³/mol. The number of benzene rings is 2. The molecule has 4 N–H and O–H groups in total. The third-order valence-corrected chi connectivity index (χ3v) is 5.65. The van der Waals surface area contributed by atoms with Crippen molar-refractivity contribution >= 4 is 23.0 Å². The molecule has 1 aliphatic heterocycles. The lowest BCUT2D eigenvalue weighted by atomic mass is 9.88. The fraction of sp³-hybridized carbons (Fsp3) is 0.360. The van der Waals surface area contributed by atoms with Crippen LogP contribution in [-0.4, -0.2) is 39.8 Å². The minimum atomic E-state index is -0.915. The van der Waals surface area contributed by atoms with E-state index in [0.717, 1.165) is 27.7 Å². The van der Waals surface area contributed by atoms with Gasteiger partial charge in [0.2, 0.25) is 0 Å². The summed E-state index contributed by atoms with van der Waals surface area (Å²) in [6.45, 7) is 5.44. The first-order chi connectivity index (χ1) is 15.2. The van der Waals surface area contributed by atoms with Gasteiger partial charge < -0.3 is 20.1 Å². The van der Waals surface area contributed by atoms with Crippen LogP contribution in [0.1, 0.15) is 43.6 Å². The average Bonchev–Trinajstić information content (AvgIpc) is 3.10. The van der Waals surface area contributed by atoms with Gasteiger partial charge in [-0.1, -0.05) is 48.5 Å². The van der Waals surface area contributed by atoms with Crippen molar-refractivity contribution in [3.63, 3.8) is 0 Å². The maximum atomic E-state index is 12.7. The smallest absolute Gasteiger partial charge is 0.407 e. The maximum Gasteiger partial charge on any atom is 0.407 e. The summed E-state index contributed by atoms with van der Waals surface area (Å²) in [5.74, 6) is -0.915. The van der Waals surface area contributed by atoms with Gasteiger partial charge in [0.15, 0.2) is 0 Å². The summed E-state index contributed by atoms with van der Waals surface area (Å²) in [4.78, 5) is 28.2. The SMILES string of the molecule is CC(C)(C)OC(=O)NC(Cc1ccccc1)[C@H]1NC(C(=O)O)Cc2c1[nH]c1ccccc21. The van der Waals surface area contributed by atoms with Crippen LogP contribution in [0.2, 0.25) is 0 Å². The minimum absolute atomic E-state index is 0.371. The summed E-state index contributed by atoms with van der Waals surface area (Å²) in [7, 11) is 0. The molecule has 7 heteroatoms. The minimum Gasteiger partial charge on any atom is -0.480 e. The zero-order valence-corrected chi connectivity index (χ0v) is 18.5. The summed E-state index contributed by atoms with van der Waals surface area (Å²) in [6, 6.07) is 16.1. The maximum absolute atomic E-state index is 12.7. The number of fused-ring (bicyclic) bond motifs is 3. The van der Waals surface area contributed by atoms with Gasteiger partial charge in [-0.3, -0.25) is 10.1 Å². The summed E-state index contributed by atoms with van der Waals surface area (Å²) >= 11 is 0. The van der Waals surface area contributed by atoms with Crippen molar-refractivity contribution in [3.8, 4) is 0 Å². The largest absolute Gasteiger partial charge is 0.480 e. The molecule has 0 spiro atoms. The Kier molecular flexibility index (Phi) is 5.93. The first-order valence-electron chi connectivity index (χ1n) is 10.8. The second-order valence-corrected chi connectivity index (χ2v) is 9.24. The number of hydrogen-bond donors (Lipinski definition) is 4. The van der Waals surface area contributed by atoms with Gasteiger partial charge in [-0.05, 0) is 44.4 Å². The number of H-pyrrole nitrogens is 1. The Morgan fingerprint density at radius 1 is 1.12 bits per heavy atom. The molecule has 2 aromatic carbocycles. The lowest BCUT2D eigenvalue weighted by Gasteiger charge is -2.35. The van der Waals surface area contributed by atoms with E-state index >= 15 is 0 Å². The van der Waals surface area contributed by atoms with Gasteiger partial charge in [0.25, 0.3) is 0 Å². The van der Waals surface area contributed by atoms with E-state index in [1.165, 1.54) is 0 Å². The average molecular weight is 436 g/mol. The number of aliphatic carboxylic acids is 1. The molecule has 2 heterocycles. The van der Waals surface area contributed by atoms with Gasteiger partial charge in [0, 0.05) is 23.0 Å². The van der Waals surface area contributed by atoms with E-state index in [0.29, 0.717) is 12.8 Å². The lowest BCUT2D eigenvalue weighted by molar-refractivity contribution is -0.139. The Balaban J connectivity index is 1.74. The Labute approximate surface area is 187 Å². The number of hydrogen-bond acceptors (Lipinski definition) is 4. The number of aromatic amines is 1. The van der Waals surface area contributed by atoms with Crippen molar-refractivity contribution in [2.75, 3.05) is 0 Å².